The molecule has 0 aliphatic heterocycles. The lowest BCUT2D eigenvalue weighted by molar-refractivity contribution is 0.741. The SMILES string of the molecule is Cc1ccc(Cc2cnc(NCCCCc3ncccc3C)[nH]c2=O)cn1. The zero-order chi connectivity index (χ0) is 19.1. The molecule has 0 aliphatic carbocycles. The molecule has 3 aromatic rings. The summed E-state index contributed by atoms with van der Waals surface area (Å²) in [4.78, 5) is 28.1. The Morgan fingerprint density at radius 1 is 1.04 bits per heavy atom. The Hall–Kier alpha value is -3.02. The fourth-order valence-electron chi connectivity index (χ4n) is 2.86. The van der Waals surface area contributed by atoms with Crippen molar-refractivity contribution >= 4 is 5.95 Å². The molecule has 27 heavy (non-hydrogen) atoms. The lowest BCUT2D eigenvalue weighted by Gasteiger charge is -2.07. The third-order valence-corrected chi connectivity index (χ3v) is 4.49. The first-order chi connectivity index (χ1) is 13.1. The Labute approximate surface area is 159 Å². The molecule has 0 atom stereocenters. The largest absolute Gasteiger partial charge is 0.356 e. The molecule has 3 aromatic heterocycles. The fourth-order valence-corrected chi connectivity index (χ4v) is 2.86. The second-order valence-corrected chi connectivity index (χ2v) is 6.72. The summed E-state index contributed by atoms with van der Waals surface area (Å²) in [7, 11) is 0. The maximum Gasteiger partial charge on any atom is 0.255 e. The predicted octanol–water partition coefficient (Wildman–Crippen LogP) is 3.20. The second kappa shape index (κ2) is 9.07. The molecule has 0 unspecified atom stereocenters. The Kier molecular flexibility index (Phi) is 6.30. The van der Waals surface area contributed by atoms with Crippen molar-refractivity contribution in [2.45, 2.75) is 39.5 Å². The van der Waals surface area contributed by atoms with E-state index in [-0.39, 0.29) is 5.56 Å². The van der Waals surface area contributed by atoms with Crippen LogP contribution in [0.15, 0.2) is 47.7 Å². The lowest BCUT2D eigenvalue weighted by Crippen LogP contribution is -2.17. The predicted molar refractivity (Wildman–Crippen MR) is 107 cm³/mol. The summed E-state index contributed by atoms with van der Waals surface area (Å²) in [5.41, 5.74) is 4.87. The van der Waals surface area contributed by atoms with E-state index in [9.17, 15) is 4.79 Å². The molecule has 0 bridgehead atoms. The number of aryl methyl sites for hydroxylation is 3. The minimum atomic E-state index is -0.114. The number of hydrogen-bond acceptors (Lipinski definition) is 5. The highest BCUT2D eigenvalue weighted by Gasteiger charge is 2.05. The van der Waals surface area contributed by atoms with Crippen LogP contribution < -0.4 is 10.9 Å². The van der Waals surface area contributed by atoms with Gasteiger partial charge in [0.25, 0.3) is 5.56 Å². The summed E-state index contributed by atoms with van der Waals surface area (Å²) in [5.74, 6) is 0.514. The van der Waals surface area contributed by atoms with Gasteiger partial charge in [0.2, 0.25) is 5.95 Å². The van der Waals surface area contributed by atoms with Gasteiger partial charge in [-0.2, -0.15) is 0 Å². The van der Waals surface area contributed by atoms with Crippen LogP contribution in [0.4, 0.5) is 5.95 Å². The topological polar surface area (TPSA) is 83.6 Å². The molecule has 0 saturated heterocycles. The van der Waals surface area contributed by atoms with E-state index < -0.39 is 0 Å². The molecule has 2 N–H and O–H groups in total. The average molecular weight is 363 g/mol. The second-order valence-electron chi connectivity index (χ2n) is 6.72. The van der Waals surface area contributed by atoms with Crippen molar-refractivity contribution in [1.82, 2.24) is 19.9 Å². The molecule has 0 fully saturated rings. The van der Waals surface area contributed by atoms with E-state index in [4.69, 9.17) is 0 Å². The first-order valence-electron chi connectivity index (χ1n) is 9.26. The van der Waals surface area contributed by atoms with E-state index in [0.29, 0.717) is 17.9 Å². The number of nitrogens with one attached hydrogen (secondary N) is 2. The van der Waals surface area contributed by atoms with Crippen molar-refractivity contribution in [3.05, 3.63) is 81.3 Å². The number of pyridine rings is 2. The number of aromatic amines is 1. The highest BCUT2D eigenvalue weighted by atomic mass is 16.1. The maximum atomic E-state index is 12.3. The quantitative estimate of drug-likeness (QED) is 0.601. The third kappa shape index (κ3) is 5.48. The van der Waals surface area contributed by atoms with Crippen molar-refractivity contribution in [2.24, 2.45) is 0 Å². The summed E-state index contributed by atoms with van der Waals surface area (Å²) in [6, 6.07) is 7.97. The summed E-state index contributed by atoms with van der Waals surface area (Å²) in [6.07, 6.45) is 8.78. The maximum absolute atomic E-state index is 12.3. The number of nitrogens with zero attached hydrogens (tertiary/aromatic N) is 3. The Balaban J connectivity index is 1.47. The van der Waals surface area contributed by atoms with E-state index in [1.54, 1.807) is 12.4 Å². The first kappa shape index (κ1) is 18.8. The molecule has 0 radical (unpaired) electrons. The van der Waals surface area contributed by atoms with E-state index >= 15 is 0 Å². The molecule has 0 amide bonds. The molecule has 0 spiro atoms. The average Bonchev–Trinajstić information content (AvgIpc) is 2.67. The van der Waals surface area contributed by atoms with E-state index in [1.807, 2.05) is 31.3 Å². The van der Waals surface area contributed by atoms with Gasteiger partial charge in [0.15, 0.2) is 0 Å². The monoisotopic (exact) mass is 363 g/mol. The molecular formula is C21H25N5O. The van der Waals surface area contributed by atoms with E-state index in [1.165, 1.54) is 5.56 Å². The Morgan fingerprint density at radius 3 is 2.67 bits per heavy atom. The number of anilines is 1. The highest BCUT2D eigenvalue weighted by molar-refractivity contribution is 5.27. The van der Waals surface area contributed by atoms with Gasteiger partial charge in [-0.25, -0.2) is 4.98 Å². The first-order valence-corrected chi connectivity index (χ1v) is 9.26. The summed E-state index contributed by atoms with van der Waals surface area (Å²) < 4.78 is 0. The smallest absolute Gasteiger partial charge is 0.255 e. The number of unbranched alkanes of at least 4 members (excludes halogenated alkanes) is 1. The van der Waals surface area contributed by atoms with E-state index in [0.717, 1.165) is 42.8 Å². The van der Waals surface area contributed by atoms with Gasteiger partial charge in [-0.15, -0.1) is 0 Å². The zero-order valence-corrected chi connectivity index (χ0v) is 15.8. The molecule has 3 rings (SSSR count). The van der Waals surface area contributed by atoms with Crippen LogP contribution in [-0.2, 0) is 12.8 Å². The lowest BCUT2D eigenvalue weighted by atomic mass is 10.1. The van der Waals surface area contributed by atoms with Crippen molar-refractivity contribution in [3.63, 3.8) is 0 Å². The van der Waals surface area contributed by atoms with Gasteiger partial charge in [0.05, 0.1) is 0 Å². The number of aromatic nitrogens is 4. The zero-order valence-electron chi connectivity index (χ0n) is 15.8. The van der Waals surface area contributed by atoms with Gasteiger partial charge >= 0.3 is 0 Å². The Morgan fingerprint density at radius 2 is 1.93 bits per heavy atom. The van der Waals surface area contributed by atoms with Crippen LogP contribution in [0.5, 0.6) is 0 Å². The van der Waals surface area contributed by atoms with Crippen LogP contribution in [0.2, 0.25) is 0 Å². The van der Waals surface area contributed by atoms with Gasteiger partial charge in [-0.3, -0.25) is 19.7 Å². The summed E-state index contributed by atoms with van der Waals surface area (Å²) >= 11 is 0. The van der Waals surface area contributed by atoms with Gasteiger partial charge < -0.3 is 5.32 Å². The summed E-state index contributed by atoms with van der Waals surface area (Å²) in [5, 5.41) is 3.19. The van der Waals surface area contributed by atoms with Crippen LogP contribution in [0.3, 0.4) is 0 Å². The van der Waals surface area contributed by atoms with Crippen LogP contribution in [-0.4, -0.2) is 26.5 Å². The summed E-state index contributed by atoms with van der Waals surface area (Å²) in [6.45, 7) is 4.79. The van der Waals surface area contributed by atoms with Gasteiger partial charge in [0.1, 0.15) is 0 Å². The molecule has 6 nitrogen and oxygen atoms in total. The van der Waals surface area contributed by atoms with Crippen LogP contribution in [0.25, 0.3) is 0 Å². The number of H-pyrrole nitrogens is 1. The Bertz CT molecular complexity index is 934. The normalized spacial score (nSPS) is 10.7. The molecule has 0 saturated carbocycles. The van der Waals surface area contributed by atoms with Crippen molar-refractivity contribution in [3.8, 4) is 0 Å². The molecule has 3 heterocycles. The van der Waals surface area contributed by atoms with E-state index in [2.05, 4.69) is 38.2 Å². The fraction of sp³-hybridized carbons (Fsp3) is 0.333. The van der Waals surface area contributed by atoms with Crippen molar-refractivity contribution < 1.29 is 0 Å². The van der Waals surface area contributed by atoms with Gasteiger partial charge in [-0.1, -0.05) is 12.1 Å². The molecule has 140 valence electrons. The highest BCUT2D eigenvalue weighted by Crippen LogP contribution is 2.08. The standard InChI is InChI=1S/C21H25N5O/c1-15-6-5-11-22-19(15)7-3-4-10-23-21-25-14-18(20(27)26-21)12-17-9-8-16(2)24-13-17/h5-6,8-9,11,13-14H,3-4,7,10,12H2,1-2H3,(H2,23,25,26,27). The third-order valence-electron chi connectivity index (χ3n) is 4.49. The molecule has 0 aliphatic rings. The van der Waals surface area contributed by atoms with Crippen molar-refractivity contribution in [2.75, 3.05) is 11.9 Å². The van der Waals surface area contributed by atoms with Crippen molar-refractivity contribution in [1.29, 1.82) is 0 Å². The van der Waals surface area contributed by atoms with Gasteiger partial charge in [0, 0.05) is 48.5 Å². The number of hydrogen-bond donors (Lipinski definition) is 2. The van der Waals surface area contributed by atoms with Crippen LogP contribution in [0, 0.1) is 13.8 Å². The molecular weight excluding hydrogens is 338 g/mol. The minimum absolute atomic E-state index is 0.114. The van der Waals surface area contributed by atoms with Crippen LogP contribution >= 0.6 is 0 Å². The molecule has 6 heteroatoms. The van der Waals surface area contributed by atoms with Crippen LogP contribution in [0.1, 0.15) is 40.9 Å². The minimum Gasteiger partial charge on any atom is -0.356 e. The molecule has 0 aromatic carbocycles. The van der Waals surface area contributed by atoms with Gasteiger partial charge in [-0.05, 0) is 56.4 Å². The number of rotatable bonds is 8.